The van der Waals surface area contributed by atoms with E-state index in [0.29, 0.717) is 0 Å². The summed E-state index contributed by atoms with van der Waals surface area (Å²) >= 11 is 0. The van der Waals surface area contributed by atoms with Gasteiger partial charge >= 0.3 is 0 Å². The highest BCUT2D eigenvalue weighted by molar-refractivity contribution is 5.72. The summed E-state index contributed by atoms with van der Waals surface area (Å²) in [6.45, 7) is 1.47. The molecule has 0 atom stereocenters. The standard InChI is InChI=1S/C3H7NO.C2H7N/c1-3(5)4-2;1-3-2/h1-2H3,(H,4,5);3H,1-2H3. The maximum Gasteiger partial charge on any atom is 0.216 e. The maximum absolute atomic E-state index is 9.70. The summed E-state index contributed by atoms with van der Waals surface area (Å²) in [7, 11) is 5.35. The number of hydrogen-bond acceptors (Lipinski definition) is 2. The summed E-state index contributed by atoms with van der Waals surface area (Å²) in [4.78, 5) is 9.70. The molecule has 0 bridgehead atoms. The Balaban J connectivity index is 0. The minimum Gasteiger partial charge on any atom is -0.359 e. The first kappa shape index (κ1) is 10.4. The molecule has 1 amide bonds. The monoisotopic (exact) mass is 118 g/mol. The van der Waals surface area contributed by atoms with Gasteiger partial charge < -0.3 is 10.6 Å². The molecule has 2 N–H and O–H groups in total. The van der Waals surface area contributed by atoms with Crippen LogP contribution in [0.15, 0.2) is 0 Å². The molecule has 0 saturated carbocycles. The molecule has 0 heterocycles. The molecule has 3 heteroatoms. The Kier molecular flexibility index (Phi) is 12.6. The Morgan fingerprint density at radius 1 is 1.25 bits per heavy atom. The average molecular weight is 118 g/mol. The van der Waals surface area contributed by atoms with E-state index in [4.69, 9.17) is 0 Å². The molecule has 0 unspecified atom stereocenters. The SMILES string of the molecule is CNC.CNC(C)=O. The van der Waals surface area contributed by atoms with Gasteiger partial charge in [-0.3, -0.25) is 4.79 Å². The largest absolute Gasteiger partial charge is 0.359 e. The van der Waals surface area contributed by atoms with Crippen LogP contribution in [0.25, 0.3) is 0 Å². The van der Waals surface area contributed by atoms with Crippen LogP contribution in [-0.4, -0.2) is 27.1 Å². The number of nitrogens with one attached hydrogen (secondary N) is 2. The lowest BCUT2D eigenvalue weighted by Gasteiger charge is -1.80. The van der Waals surface area contributed by atoms with E-state index < -0.39 is 0 Å². The van der Waals surface area contributed by atoms with E-state index in [9.17, 15) is 4.79 Å². The fraction of sp³-hybridized carbons (Fsp3) is 0.800. The van der Waals surface area contributed by atoms with Gasteiger partial charge in [0.25, 0.3) is 0 Å². The fourth-order valence-corrected chi connectivity index (χ4v) is 0. The zero-order chi connectivity index (χ0) is 6.99. The molecule has 0 aliphatic heterocycles. The third-order valence-corrected chi connectivity index (χ3v) is 0.352. The highest BCUT2D eigenvalue weighted by Crippen LogP contribution is 1.45. The second kappa shape index (κ2) is 9.66. The molecule has 0 radical (unpaired) electrons. The molecule has 3 nitrogen and oxygen atoms in total. The minimum atomic E-state index is 0.00463. The summed E-state index contributed by atoms with van der Waals surface area (Å²) < 4.78 is 0. The van der Waals surface area contributed by atoms with Crippen LogP contribution in [0.4, 0.5) is 0 Å². The molecule has 0 aromatic rings. The third kappa shape index (κ3) is 52.1. The molecular formula is C5H14N2O. The van der Waals surface area contributed by atoms with Crippen molar-refractivity contribution in [3.05, 3.63) is 0 Å². The van der Waals surface area contributed by atoms with Gasteiger partial charge in [-0.15, -0.1) is 0 Å². The molecule has 50 valence electrons. The molecule has 0 spiro atoms. The molecule has 0 aromatic carbocycles. The van der Waals surface area contributed by atoms with Crippen molar-refractivity contribution in [2.75, 3.05) is 21.1 Å². The van der Waals surface area contributed by atoms with Crippen LogP contribution in [0.2, 0.25) is 0 Å². The first-order valence-electron chi connectivity index (χ1n) is 2.45. The highest BCUT2D eigenvalue weighted by atomic mass is 16.1. The predicted molar refractivity (Wildman–Crippen MR) is 34.7 cm³/mol. The van der Waals surface area contributed by atoms with Gasteiger partial charge in [-0.2, -0.15) is 0 Å². The fourth-order valence-electron chi connectivity index (χ4n) is 0. The first-order valence-corrected chi connectivity index (χ1v) is 2.45. The van der Waals surface area contributed by atoms with E-state index in [-0.39, 0.29) is 5.91 Å². The van der Waals surface area contributed by atoms with Crippen LogP contribution >= 0.6 is 0 Å². The molecule has 0 fully saturated rings. The first-order chi connectivity index (χ1) is 3.68. The molecule has 0 rings (SSSR count). The van der Waals surface area contributed by atoms with E-state index in [1.807, 2.05) is 14.1 Å². The van der Waals surface area contributed by atoms with Crippen molar-refractivity contribution in [1.29, 1.82) is 0 Å². The number of hydrogen-bond donors (Lipinski definition) is 2. The number of carbonyl (C=O) groups excluding carboxylic acids is 1. The van der Waals surface area contributed by atoms with Crippen molar-refractivity contribution < 1.29 is 4.79 Å². The van der Waals surface area contributed by atoms with Crippen molar-refractivity contribution in [3.8, 4) is 0 Å². The minimum absolute atomic E-state index is 0.00463. The van der Waals surface area contributed by atoms with Crippen molar-refractivity contribution in [2.45, 2.75) is 6.92 Å². The number of carbonyl (C=O) groups is 1. The van der Waals surface area contributed by atoms with Gasteiger partial charge in [-0.1, -0.05) is 0 Å². The van der Waals surface area contributed by atoms with Gasteiger partial charge in [0.2, 0.25) is 5.91 Å². The Morgan fingerprint density at radius 3 is 1.38 bits per heavy atom. The van der Waals surface area contributed by atoms with E-state index in [1.54, 1.807) is 7.05 Å². The van der Waals surface area contributed by atoms with Crippen LogP contribution < -0.4 is 10.6 Å². The van der Waals surface area contributed by atoms with Gasteiger partial charge in [0, 0.05) is 14.0 Å². The van der Waals surface area contributed by atoms with Crippen molar-refractivity contribution in [3.63, 3.8) is 0 Å². The Hall–Kier alpha value is -0.570. The summed E-state index contributed by atoms with van der Waals surface area (Å²) in [5.41, 5.74) is 0. The second-order valence-electron chi connectivity index (χ2n) is 1.31. The van der Waals surface area contributed by atoms with Gasteiger partial charge in [0.15, 0.2) is 0 Å². The number of amides is 1. The van der Waals surface area contributed by atoms with E-state index >= 15 is 0 Å². The molecule has 0 aromatic heterocycles. The van der Waals surface area contributed by atoms with Gasteiger partial charge in [0.05, 0.1) is 0 Å². The van der Waals surface area contributed by atoms with Crippen LogP contribution in [-0.2, 0) is 4.79 Å². The summed E-state index contributed by atoms with van der Waals surface area (Å²) in [6.07, 6.45) is 0. The van der Waals surface area contributed by atoms with Gasteiger partial charge in [0.1, 0.15) is 0 Å². The lowest BCUT2D eigenvalue weighted by atomic mass is 10.7. The van der Waals surface area contributed by atoms with Crippen LogP contribution in [0.5, 0.6) is 0 Å². The Labute approximate surface area is 50.5 Å². The maximum atomic E-state index is 9.70. The zero-order valence-corrected chi connectivity index (χ0v) is 5.91. The average Bonchev–Trinajstić information content (AvgIpc) is 1.69. The van der Waals surface area contributed by atoms with Crippen LogP contribution in [0.1, 0.15) is 6.92 Å². The molecule has 0 aliphatic carbocycles. The van der Waals surface area contributed by atoms with Crippen molar-refractivity contribution >= 4 is 5.91 Å². The topological polar surface area (TPSA) is 41.1 Å². The highest BCUT2D eigenvalue weighted by Gasteiger charge is 1.72. The van der Waals surface area contributed by atoms with E-state index in [0.717, 1.165) is 0 Å². The molecule has 8 heavy (non-hydrogen) atoms. The second-order valence-corrected chi connectivity index (χ2v) is 1.31. The predicted octanol–water partition coefficient (Wildman–Crippen LogP) is -0.412. The smallest absolute Gasteiger partial charge is 0.216 e. The summed E-state index contributed by atoms with van der Waals surface area (Å²) in [5.74, 6) is 0.00463. The molecular weight excluding hydrogens is 104 g/mol. The van der Waals surface area contributed by atoms with E-state index in [1.165, 1.54) is 6.92 Å². The quantitative estimate of drug-likeness (QED) is 0.454. The lowest BCUT2D eigenvalue weighted by molar-refractivity contribution is -0.118. The van der Waals surface area contributed by atoms with Crippen molar-refractivity contribution in [2.24, 2.45) is 0 Å². The zero-order valence-electron chi connectivity index (χ0n) is 5.91. The molecule has 0 saturated heterocycles. The lowest BCUT2D eigenvalue weighted by Crippen LogP contribution is -2.11. The van der Waals surface area contributed by atoms with Gasteiger partial charge in [-0.05, 0) is 14.1 Å². The molecule has 0 aliphatic rings. The number of rotatable bonds is 0. The van der Waals surface area contributed by atoms with E-state index in [2.05, 4.69) is 10.6 Å². The third-order valence-electron chi connectivity index (χ3n) is 0.352. The van der Waals surface area contributed by atoms with Crippen molar-refractivity contribution in [1.82, 2.24) is 10.6 Å². The summed E-state index contributed by atoms with van der Waals surface area (Å²) in [5, 5.41) is 5.14. The Morgan fingerprint density at radius 2 is 1.38 bits per heavy atom. The van der Waals surface area contributed by atoms with Gasteiger partial charge in [-0.25, -0.2) is 0 Å². The van der Waals surface area contributed by atoms with Crippen LogP contribution in [0.3, 0.4) is 0 Å². The normalized spacial score (nSPS) is 6.50. The van der Waals surface area contributed by atoms with Crippen LogP contribution in [0, 0.1) is 0 Å². The summed E-state index contributed by atoms with van der Waals surface area (Å²) in [6, 6.07) is 0. The Bertz CT molecular complexity index is 54.4.